The Morgan fingerprint density at radius 2 is 0.568 bits per heavy atom. The van der Waals surface area contributed by atoms with E-state index in [0.717, 1.165) is 11.4 Å². The Labute approximate surface area is 218 Å². The Balaban J connectivity index is 0.000000603. The zero-order chi connectivity index (χ0) is 25.5. The second kappa shape index (κ2) is 9.26. The second-order valence-electron chi connectivity index (χ2n) is 9.14. The van der Waals surface area contributed by atoms with Crippen molar-refractivity contribution in [2.75, 3.05) is 5.32 Å². The summed E-state index contributed by atoms with van der Waals surface area (Å²) in [5.41, 5.74) is 2.24. The van der Waals surface area contributed by atoms with Gasteiger partial charge in [0.05, 0.1) is 0 Å². The van der Waals surface area contributed by atoms with Gasteiger partial charge in [-0.2, -0.15) is 0 Å². The fourth-order valence-electron chi connectivity index (χ4n) is 5.82. The molecule has 0 heterocycles. The van der Waals surface area contributed by atoms with Crippen LogP contribution < -0.4 is 5.32 Å². The van der Waals surface area contributed by atoms with Crippen LogP contribution in [0.5, 0.6) is 0 Å². The van der Waals surface area contributed by atoms with Crippen LogP contribution in [0.15, 0.2) is 109 Å². The molecule has 1 nitrogen and oxygen atoms in total. The number of nitrogens with one attached hydrogen (secondary N) is 1. The van der Waals surface area contributed by atoms with Crippen LogP contribution in [-0.2, 0) is 0 Å². The molecule has 0 fully saturated rings. The standard InChI is InChI=1S/C32H19N.2C2H6/c1-3-19-7-11-23-15-27(16-24-12-8-20(4-1)29(19)31(23)24)33-28-17-25-13-9-21-5-2-6-22-10-14-26(18-28)32(25)30(21)22;2*1-2/h1-18,33H;2*1-2H3. The molecule has 0 radical (unpaired) electrons. The van der Waals surface area contributed by atoms with Crippen molar-refractivity contribution in [1.29, 1.82) is 0 Å². The minimum absolute atomic E-state index is 1.12. The summed E-state index contributed by atoms with van der Waals surface area (Å²) in [5, 5.41) is 19.5. The average molecular weight is 478 g/mol. The van der Waals surface area contributed by atoms with Crippen LogP contribution in [0.1, 0.15) is 27.7 Å². The van der Waals surface area contributed by atoms with Crippen LogP contribution in [0.4, 0.5) is 11.4 Å². The smallest absolute Gasteiger partial charge is 0.0396 e. The maximum Gasteiger partial charge on any atom is 0.0396 e. The number of hydrogen-bond acceptors (Lipinski definition) is 1. The molecule has 0 bridgehead atoms. The van der Waals surface area contributed by atoms with E-state index < -0.39 is 0 Å². The zero-order valence-electron chi connectivity index (χ0n) is 21.9. The molecule has 0 aliphatic rings. The fraction of sp³-hybridized carbons (Fsp3) is 0.111. The first-order valence-electron chi connectivity index (χ1n) is 13.4. The van der Waals surface area contributed by atoms with E-state index in [1.807, 2.05) is 27.7 Å². The number of anilines is 2. The summed E-state index contributed by atoms with van der Waals surface area (Å²) >= 11 is 0. The molecule has 0 aliphatic heterocycles. The predicted octanol–water partition coefficient (Wildman–Crippen LogP) is 11.3. The normalized spacial score (nSPS) is 11.2. The Hall–Kier alpha value is -4.36. The Morgan fingerprint density at radius 3 is 0.865 bits per heavy atom. The van der Waals surface area contributed by atoms with E-state index in [1.165, 1.54) is 64.6 Å². The van der Waals surface area contributed by atoms with Crippen molar-refractivity contribution in [2.45, 2.75) is 27.7 Å². The summed E-state index contributed by atoms with van der Waals surface area (Å²) in [6.45, 7) is 8.00. The third kappa shape index (κ3) is 3.62. The van der Waals surface area contributed by atoms with Gasteiger partial charge in [0.2, 0.25) is 0 Å². The van der Waals surface area contributed by atoms with E-state index in [1.54, 1.807) is 0 Å². The topological polar surface area (TPSA) is 12.0 Å². The second-order valence-corrected chi connectivity index (χ2v) is 9.14. The molecule has 8 aromatic carbocycles. The summed E-state index contributed by atoms with van der Waals surface area (Å²) < 4.78 is 0. The molecule has 0 unspecified atom stereocenters. The maximum atomic E-state index is 3.71. The summed E-state index contributed by atoms with van der Waals surface area (Å²) in [4.78, 5) is 0. The fourth-order valence-corrected chi connectivity index (χ4v) is 5.82. The molecule has 8 rings (SSSR count). The molecule has 0 spiro atoms. The van der Waals surface area contributed by atoms with E-state index in [9.17, 15) is 0 Å². The van der Waals surface area contributed by atoms with Gasteiger partial charge in [0.1, 0.15) is 0 Å². The Morgan fingerprint density at radius 1 is 0.324 bits per heavy atom. The van der Waals surface area contributed by atoms with Crippen LogP contribution in [0, 0.1) is 0 Å². The van der Waals surface area contributed by atoms with Gasteiger partial charge < -0.3 is 5.32 Å². The lowest BCUT2D eigenvalue weighted by molar-refractivity contribution is 1.50. The minimum Gasteiger partial charge on any atom is -0.355 e. The third-order valence-corrected chi connectivity index (χ3v) is 7.22. The maximum absolute atomic E-state index is 3.71. The van der Waals surface area contributed by atoms with E-state index in [2.05, 4.69) is 115 Å². The zero-order valence-corrected chi connectivity index (χ0v) is 21.9. The van der Waals surface area contributed by atoms with Crippen LogP contribution in [0.25, 0.3) is 64.6 Å². The average Bonchev–Trinajstić information content (AvgIpc) is 2.96. The molecule has 0 saturated heterocycles. The van der Waals surface area contributed by atoms with E-state index in [4.69, 9.17) is 0 Å². The van der Waals surface area contributed by atoms with E-state index >= 15 is 0 Å². The highest BCUT2D eigenvalue weighted by atomic mass is 14.9. The molecule has 1 heteroatoms. The molecule has 1 N–H and O–H groups in total. The van der Waals surface area contributed by atoms with Gasteiger partial charge in [0.15, 0.2) is 0 Å². The summed E-state index contributed by atoms with van der Waals surface area (Å²) in [6.07, 6.45) is 0. The summed E-state index contributed by atoms with van der Waals surface area (Å²) in [6, 6.07) is 40.1. The minimum atomic E-state index is 1.12. The molecule has 0 atom stereocenters. The van der Waals surface area contributed by atoms with Crippen LogP contribution >= 0.6 is 0 Å². The quantitative estimate of drug-likeness (QED) is 0.244. The first-order valence-corrected chi connectivity index (χ1v) is 13.4. The van der Waals surface area contributed by atoms with Crippen molar-refractivity contribution >= 4 is 76.0 Å². The van der Waals surface area contributed by atoms with Gasteiger partial charge in [-0.1, -0.05) is 113 Å². The van der Waals surface area contributed by atoms with Gasteiger partial charge in [0, 0.05) is 11.4 Å². The third-order valence-electron chi connectivity index (χ3n) is 7.22. The van der Waals surface area contributed by atoms with Gasteiger partial charge in [-0.15, -0.1) is 0 Å². The van der Waals surface area contributed by atoms with E-state index in [-0.39, 0.29) is 0 Å². The number of rotatable bonds is 2. The number of benzene rings is 8. The SMILES string of the molecule is CC.CC.c1cc2ccc3cc(Nc4cc5ccc6cccc7ccc(c4)c5c67)cc4ccc(c1)c2c34. The first kappa shape index (κ1) is 23.1. The van der Waals surface area contributed by atoms with E-state index in [0.29, 0.717) is 0 Å². The van der Waals surface area contributed by atoms with Crippen molar-refractivity contribution in [1.82, 2.24) is 0 Å². The summed E-state index contributed by atoms with van der Waals surface area (Å²) in [5.74, 6) is 0. The molecular formula is C36H31N. The van der Waals surface area contributed by atoms with Crippen LogP contribution in [-0.4, -0.2) is 0 Å². The lowest BCUT2D eigenvalue weighted by Gasteiger charge is -2.15. The van der Waals surface area contributed by atoms with Gasteiger partial charge in [-0.25, -0.2) is 0 Å². The molecule has 0 amide bonds. The van der Waals surface area contributed by atoms with Crippen molar-refractivity contribution in [3.8, 4) is 0 Å². The molecule has 180 valence electrons. The lowest BCUT2D eigenvalue weighted by atomic mass is 9.93. The highest BCUT2D eigenvalue weighted by Crippen LogP contribution is 2.39. The van der Waals surface area contributed by atoms with Crippen molar-refractivity contribution < 1.29 is 0 Å². The van der Waals surface area contributed by atoms with Gasteiger partial charge in [-0.3, -0.25) is 0 Å². The van der Waals surface area contributed by atoms with Gasteiger partial charge in [-0.05, 0) is 88.9 Å². The van der Waals surface area contributed by atoms with Crippen molar-refractivity contribution in [2.24, 2.45) is 0 Å². The highest BCUT2D eigenvalue weighted by molar-refractivity contribution is 6.25. The molecule has 0 saturated carbocycles. The Kier molecular flexibility index (Phi) is 5.77. The molecule has 37 heavy (non-hydrogen) atoms. The van der Waals surface area contributed by atoms with Crippen LogP contribution in [0.3, 0.4) is 0 Å². The van der Waals surface area contributed by atoms with Crippen molar-refractivity contribution in [3.63, 3.8) is 0 Å². The Bertz CT molecular complexity index is 1720. The first-order chi connectivity index (χ1) is 18.3. The van der Waals surface area contributed by atoms with Gasteiger partial charge >= 0.3 is 0 Å². The summed E-state index contributed by atoms with van der Waals surface area (Å²) in [7, 11) is 0. The highest BCUT2D eigenvalue weighted by Gasteiger charge is 2.11. The largest absolute Gasteiger partial charge is 0.355 e. The molecular weight excluding hydrogens is 446 g/mol. The predicted molar refractivity (Wildman–Crippen MR) is 166 cm³/mol. The van der Waals surface area contributed by atoms with Crippen molar-refractivity contribution in [3.05, 3.63) is 109 Å². The molecule has 8 aromatic rings. The lowest BCUT2D eigenvalue weighted by Crippen LogP contribution is -1.93. The van der Waals surface area contributed by atoms with Crippen LogP contribution in [0.2, 0.25) is 0 Å². The monoisotopic (exact) mass is 477 g/mol. The molecule has 0 aliphatic carbocycles. The molecule has 0 aromatic heterocycles. The number of hydrogen-bond donors (Lipinski definition) is 1. The van der Waals surface area contributed by atoms with Gasteiger partial charge in [0.25, 0.3) is 0 Å².